The van der Waals surface area contributed by atoms with E-state index in [9.17, 15) is 14.7 Å². The van der Waals surface area contributed by atoms with Crippen LogP contribution in [-0.4, -0.2) is 28.1 Å². The molecule has 1 fully saturated rings. The van der Waals surface area contributed by atoms with Gasteiger partial charge in [0.05, 0.1) is 0 Å². The van der Waals surface area contributed by atoms with Crippen LogP contribution in [0, 0.1) is 5.92 Å². The third-order valence-electron chi connectivity index (χ3n) is 6.07. The number of carboxylic acids is 1. The van der Waals surface area contributed by atoms with Gasteiger partial charge in [-0.25, -0.2) is 4.79 Å². The van der Waals surface area contributed by atoms with Gasteiger partial charge in [-0.1, -0.05) is 44.4 Å². The topological polar surface area (TPSA) is 86.6 Å². The Morgan fingerprint density at radius 2 is 2.04 bits per heavy atom. The van der Waals surface area contributed by atoms with Crippen molar-refractivity contribution in [2.24, 2.45) is 5.92 Å². The van der Waals surface area contributed by atoms with Crippen LogP contribution in [0.2, 0.25) is 0 Å². The lowest BCUT2D eigenvalue weighted by Crippen LogP contribution is -2.56. The van der Waals surface area contributed by atoms with E-state index in [0.29, 0.717) is 11.5 Å². The second-order valence-corrected chi connectivity index (χ2v) is 7.82. The van der Waals surface area contributed by atoms with Gasteiger partial charge < -0.3 is 15.5 Å². The third-order valence-corrected chi connectivity index (χ3v) is 6.07. The molecule has 0 heterocycles. The maximum Gasteiger partial charge on any atom is 0.337 e. The van der Waals surface area contributed by atoms with E-state index >= 15 is 0 Å². The molecule has 0 aromatic heterocycles. The van der Waals surface area contributed by atoms with Crippen molar-refractivity contribution < 1.29 is 19.8 Å². The fraction of sp³-hybridized carbons (Fsp3) is 0.600. The molecule has 3 rings (SSSR count). The third kappa shape index (κ3) is 3.30. The van der Waals surface area contributed by atoms with E-state index in [1.54, 1.807) is 13.0 Å². The lowest BCUT2D eigenvalue weighted by molar-refractivity contribution is -0.147. The molecule has 0 saturated heterocycles. The zero-order valence-electron chi connectivity index (χ0n) is 14.9. The normalized spacial score (nSPS) is 29.7. The predicted octanol–water partition coefficient (Wildman–Crippen LogP) is 2.70. The van der Waals surface area contributed by atoms with Crippen LogP contribution in [-0.2, 0) is 21.4 Å². The van der Waals surface area contributed by atoms with Crippen molar-refractivity contribution in [2.45, 2.75) is 69.9 Å². The molecular formula is C20H27NO4. The van der Waals surface area contributed by atoms with Gasteiger partial charge in [-0.15, -0.1) is 0 Å². The van der Waals surface area contributed by atoms with Crippen molar-refractivity contribution in [1.82, 2.24) is 5.32 Å². The number of carboxylic acid groups (broad SMARTS) is 1. The number of fused-ring (bicyclic) bond motifs is 4. The van der Waals surface area contributed by atoms with Gasteiger partial charge >= 0.3 is 5.97 Å². The van der Waals surface area contributed by atoms with Crippen molar-refractivity contribution in [3.05, 3.63) is 34.9 Å². The van der Waals surface area contributed by atoms with Crippen molar-refractivity contribution in [1.29, 1.82) is 0 Å². The molecule has 0 spiro atoms. The van der Waals surface area contributed by atoms with Crippen LogP contribution in [0.25, 0.3) is 0 Å². The predicted molar refractivity (Wildman–Crippen MR) is 94.3 cm³/mol. The lowest BCUT2D eigenvalue weighted by atomic mass is 9.59. The highest BCUT2D eigenvalue weighted by atomic mass is 16.4. The van der Waals surface area contributed by atoms with Gasteiger partial charge in [-0.2, -0.15) is 0 Å². The van der Waals surface area contributed by atoms with Crippen LogP contribution in [0.15, 0.2) is 18.2 Å². The smallest absolute Gasteiger partial charge is 0.337 e. The molecule has 0 aliphatic heterocycles. The maximum absolute atomic E-state index is 11.8. The molecule has 2 aliphatic carbocycles. The molecule has 136 valence electrons. The van der Waals surface area contributed by atoms with Crippen molar-refractivity contribution in [3.63, 3.8) is 0 Å². The second-order valence-electron chi connectivity index (χ2n) is 7.82. The highest BCUT2D eigenvalue weighted by molar-refractivity contribution is 5.75. The summed E-state index contributed by atoms with van der Waals surface area (Å²) in [6.45, 7) is 3.74. The summed E-state index contributed by atoms with van der Waals surface area (Å²) in [5, 5.41) is 22.3. The number of aliphatic carboxylic acids is 1. The number of nitrogens with one attached hydrogen (secondary N) is 1. The van der Waals surface area contributed by atoms with E-state index in [2.05, 4.69) is 12.2 Å². The van der Waals surface area contributed by atoms with Crippen molar-refractivity contribution >= 4 is 11.9 Å². The second kappa shape index (κ2) is 6.79. The number of carbonyl (C=O) groups excluding carboxylic acids is 1. The maximum atomic E-state index is 11.8. The number of hydrogen-bond acceptors (Lipinski definition) is 3. The number of aliphatic hydroxyl groups excluding tert-OH is 1. The Kier molecular flexibility index (Phi) is 4.87. The van der Waals surface area contributed by atoms with E-state index in [1.807, 2.05) is 12.1 Å². The standard InChI is InChI=1S/C20H27NO4/c1-12(22)21-18-15-6-4-3-5-9-20(18,2)16-11-14(17(23)19(24)25)8-7-13(16)10-15/h7-8,11,15,17-18,23H,3-6,9-10H2,1-2H3,(H,21,22)(H,24,25). The first-order chi connectivity index (χ1) is 11.8. The molecule has 2 bridgehead atoms. The summed E-state index contributed by atoms with van der Waals surface area (Å²) in [6, 6.07) is 5.59. The van der Waals surface area contributed by atoms with E-state index < -0.39 is 12.1 Å². The molecule has 5 nitrogen and oxygen atoms in total. The quantitative estimate of drug-likeness (QED) is 0.786. The summed E-state index contributed by atoms with van der Waals surface area (Å²) in [5.41, 5.74) is 2.48. The Labute approximate surface area is 148 Å². The monoisotopic (exact) mass is 345 g/mol. The molecule has 1 aromatic carbocycles. The first-order valence-electron chi connectivity index (χ1n) is 9.14. The van der Waals surface area contributed by atoms with E-state index in [0.717, 1.165) is 31.2 Å². The lowest BCUT2D eigenvalue weighted by Gasteiger charge is -2.49. The first kappa shape index (κ1) is 17.9. The first-order valence-corrected chi connectivity index (χ1v) is 9.14. The molecule has 25 heavy (non-hydrogen) atoms. The largest absolute Gasteiger partial charge is 0.479 e. The molecule has 0 radical (unpaired) electrons. The van der Waals surface area contributed by atoms with Gasteiger partial charge in [0.2, 0.25) is 5.91 Å². The van der Waals surface area contributed by atoms with E-state index in [1.165, 1.54) is 18.4 Å². The van der Waals surface area contributed by atoms with Gasteiger partial charge in [0, 0.05) is 18.4 Å². The molecule has 2 aliphatic rings. The average Bonchev–Trinajstić information content (AvgIpc) is 2.56. The summed E-state index contributed by atoms with van der Waals surface area (Å²) < 4.78 is 0. The summed E-state index contributed by atoms with van der Waals surface area (Å²) in [6.07, 6.45) is 4.88. The van der Waals surface area contributed by atoms with Crippen LogP contribution in [0.1, 0.15) is 68.7 Å². The van der Waals surface area contributed by atoms with Gasteiger partial charge in [0.1, 0.15) is 0 Å². The van der Waals surface area contributed by atoms with Crippen LogP contribution in [0.3, 0.4) is 0 Å². The minimum Gasteiger partial charge on any atom is -0.479 e. The number of aliphatic hydroxyl groups is 1. The Morgan fingerprint density at radius 1 is 1.28 bits per heavy atom. The van der Waals surface area contributed by atoms with Crippen LogP contribution in [0.4, 0.5) is 0 Å². The zero-order chi connectivity index (χ0) is 18.2. The average molecular weight is 345 g/mol. The van der Waals surface area contributed by atoms with E-state index in [4.69, 9.17) is 5.11 Å². The SMILES string of the molecule is CC(=O)NC1C2CCCCCC1(C)c1cc(C(O)C(=O)O)ccc1C2. The van der Waals surface area contributed by atoms with Gasteiger partial charge in [-0.05, 0) is 41.9 Å². The van der Waals surface area contributed by atoms with Crippen molar-refractivity contribution in [3.8, 4) is 0 Å². The fourth-order valence-corrected chi connectivity index (χ4v) is 4.84. The highest BCUT2D eigenvalue weighted by Gasteiger charge is 2.46. The Bertz CT molecular complexity index is 686. The molecule has 1 aromatic rings. The number of rotatable bonds is 3. The van der Waals surface area contributed by atoms with Gasteiger partial charge in [-0.3, -0.25) is 4.79 Å². The van der Waals surface area contributed by atoms with Crippen LogP contribution >= 0.6 is 0 Å². The number of benzene rings is 1. The zero-order valence-corrected chi connectivity index (χ0v) is 14.9. The molecule has 1 amide bonds. The summed E-state index contributed by atoms with van der Waals surface area (Å²) >= 11 is 0. The molecule has 3 N–H and O–H groups in total. The molecule has 5 heteroatoms. The molecule has 1 saturated carbocycles. The summed E-state index contributed by atoms with van der Waals surface area (Å²) in [7, 11) is 0. The number of amides is 1. The number of hydrogen-bond donors (Lipinski definition) is 3. The van der Waals surface area contributed by atoms with E-state index in [-0.39, 0.29) is 17.4 Å². The fourth-order valence-electron chi connectivity index (χ4n) is 4.84. The van der Waals surface area contributed by atoms with Gasteiger partial charge in [0.25, 0.3) is 0 Å². The summed E-state index contributed by atoms with van der Waals surface area (Å²) in [4.78, 5) is 23.0. The minimum absolute atomic E-state index is 0.0213. The molecule has 4 atom stereocenters. The summed E-state index contributed by atoms with van der Waals surface area (Å²) in [5.74, 6) is -0.862. The number of carbonyl (C=O) groups is 2. The van der Waals surface area contributed by atoms with Crippen LogP contribution < -0.4 is 5.32 Å². The molecular weight excluding hydrogens is 318 g/mol. The Balaban J connectivity index is 2.09. The Hall–Kier alpha value is -1.88. The van der Waals surface area contributed by atoms with Crippen LogP contribution in [0.5, 0.6) is 0 Å². The van der Waals surface area contributed by atoms with Gasteiger partial charge in [0.15, 0.2) is 6.10 Å². The minimum atomic E-state index is -1.51. The molecule has 4 unspecified atom stereocenters. The highest BCUT2D eigenvalue weighted by Crippen LogP contribution is 2.47. The van der Waals surface area contributed by atoms with Crippen molar-refractivity contribution in [2.75, 3.05) is 0 Å². The Morgan fingerprint density at radius 3 is 2.72 bits per heavy atom.